The van der Waals surface area contributed by atoms with E-state index in [1.807, 2.05) is 39.0 Å². The minimum atomic E-state index is -3.76. The van der Waals surface area contributed by atoms with Crippen LogP contribution in [0.2, 0.25) is 0 Å². The van der Waals surface area contributed by atoms with Crippen molar-refractivity contribution in [2.24, 2.45) is 0 Å². The van der Waals surface area contributed by atoms with E-state index >= 15 is 0 Å². The van der Waals surface area contributed by atoms with Gasteiger partial charge in [-0.05, 0) is 73.9 Å². The van der Waals surface area contributed by atoms with Gasteiger partial charge in [-0.25, -0.2) is 8.42 Å². The number of anilines is 2. The van der Waals surface area contributed by atoms with Crippen LogP contribution in [0.4, 0.5) is 11.4 Å². The lowest BCUT2D eigenvalue weighted by Gasteiger charge is -2.19. The molecule has 0 spiro atoms. The van der Waals surface area contributed by atoms with Gasteiger partial charge < -0.3 is 10.1 Å². The van der Waals surface area contributed by atoms with Crippen molar-refractivity contribution >= 4 is 27.3 Å². The molecule has 31 heavy (non-hydrogen) atoms. The van der Waals surface area contributed by atoms with Gasteiger partial charge >= 0.3 is 0 Å². The summed E-state index contributed by atoms with van der Waals surface area (Å²) in [7, 11) is -3.76. The van der Waals surface area contributed by atoms with Crippen LogP contribution in [0.1, 0.15) is 24.5 Å². The fourth-order valence-corrected chi connectivity index (χ4v) is 3.93. The second-order valence-corrected chi connectivity index (χ2v) is 8.83. The fraction of sp³-hybridized carbons (Fsp3) is 0.217. The quantitative estimate of drug-likeness (QED) is 0.546. The highest BCUT2D eigenvalue weighted by Gasteiger charge is 2.20. The third-order valence-corrected chi connectivity index (χ3v) is 6.02. The van der Waals surface area contributed by atoms with Gasteiger partial charge in [-0.3, -0.25) is 14.5 Å². The molecule has 0 saturated carbocycles. The van der Waals surface area contributed by atoms with E-state index in [-0.39, 0.29) is 10.8 Å². The van der Waals surface area contributed by atoms with Gasteiger partial charge in [0.05, 0.1) is 16.8 Å². The molecule has 0 radical (unpaired) electrons. The van der Waals surface area contributed by atoms with E-state index < -0.39 is 16.1 Å². The van der Waals surface area contributed by atoms with Crippen LogP contribution in [-0.4, -0.2) is 25.4 Å². The molecule has 0 fully saturated rings. The number of hydrogen-bond acceptors (Lipinski definition) is 5. The molecule has 0 saturated heterocycles. The Balaban J connectivity index is 1.68. The average molecular weight is 440 g/mol. The summed E-state index contributed by atoms with van der Waals surface area (Å²) in [5.41, 5.74) is 2.85. The highest BCUT2D eigenvalue weighted by atomic mass is 32.2. The lowest BCUT2D eigenvalue weighted by molar-refractivity contribution is -0.122. The summed E-state index contributed by atoms with van der Waals surface area (Å²) in [6, 6.07) is 15.0. The van der Waals surface area contributed by atoms with Crippen LogP contribution in [0.15, 0.2) is 71.9 Å². The maximum Gasteiger partial charge on any atom is 0.265 e. The first-order valence-corrected chi connectivity index (χ1v) is 11.3. The lowest BCUT2D eigenvalue weighted by atomic mass is 10.1. The van der Waals surface area contributed by atoms with Crippen LogP contribution in [0.5, 0.6) is 5.75 Å². The van der Waals surface area contributed by atoms with Crippen molar-refractivity contribution in [2.75, 3.05) is 10.0 Å². The molecule has 0 aliphatic heterocycles. The SMILES string of the molecule is CC[C@@H](Oc1cc(C)ccc1C)C(=O)Nc1ccc(S(=O)(=O)Nc2cccnc2)cc1. The molecule has 8 heteroatoms. The second-order valence-electron chi connectivity index (χ2n) is 7.14. The number of pyridine rings is 1. The van der Waals surface area contributed by atoms with E-state index in [4.69, 9.17) is 4.74 Å². The Labute approximate surface area is 182 Å². The van der Waals surface area contributed by atoms with Gasteiger partial charge in [-0.15, -0.1) is 0 Å². The molecule has 2 aromatic carbocycles. The summed E-state index contributed by atoms with van der Waals surface area (Å²) >= 11 is 0. The van der Waals surface area contributed by atoms with Gasteiger partial charge in [-0.2, -0.15) is 0 Å². The Kier molecular flexibility index (Phi) is 6.91. The minimum Gasteiger partial charge on any atom is -0.480 e. The Hall–Kier alpha value is -3.39. The molecule has 0 aliphatic carbocycles. The lowest BCUT2D eigenvalue weighted by Crippen LogP contribution is -2.32. The summed E-state index contributed by atoms with van der Waals surface area (Å²) in [4.78, 5) is 16.7. The number of amides is 1. The molecule has 0 unspecified atom stereocenters. The molecule has 162 valence electrons. The zero-order valence-corrected chi connectivity index (χ0v) is 18.4. The number of carbonyl (C=O) groups excluding carboxylic acids is 1. The van der Waals surface area contributed by atoms with Gasteiger partial charge in [0.1, 0.15) is 5.75 Å². The van der Waals surface area contributed by atoms with Crippen LogP contribution in [0.3, 0.4) is 0 Å². The van der Waals surface area contributed by atoms with E-state index in [1.54, 1.807) is 30.5 Å². The van der Waals surface area contributed by atoms with E-state index in [2.05, 4.69) is 15.0 Å². The molecule has 2 N–H and O–H groups in total. The van der Waals surface area contributed by atoms with Gasteiger partial charge in [0.2, 0.25) is 0 Å². The molecule has 0 bridgehead atoms. The molecule has 1 heterocycles. The second kappa shape index (κ2) is 9.61. The predicted octanol–water partition coefficient (Wildman–Crippen LogP) is 4.30. The molecular formula is C23H25N3O4S. The third-order valence-electron chi connectivity index (χ3n) is 4.62. The van der Waals surface area contributed by atoms with Crippen LogP contribution in [-0.2, 0) is 14.8 Å². The number of nitrogens with zero attached hydrogens (tertiary/aromatic N) is 1. The number of ether oxygens (including phenoxy) is 1. The summed E-state index contributed by atoms with van der Waals surface area (Å²) in [6.07, 6.45) is 2.80. The Morgan fingerprint density at radius 3 is 2.45 bits per heavy atom. The number of aryl methyl sites for hydroxylation is 2. The number of carbonyl (C=O) groups is 1. The molecule has 0 aliphatic rings. The summed E-state index contributed by atoms with van der Waals surface area (Å²) < 4.78 is 33.4. The number of rotatable bonds is 8. The van der Waals surface area contributed by atoms with E-state index in [0.29, 0.717) is 23.5 Å². The Morgan fingerprint density at radius 2 is 1.81 bits per heavy atom. The van der Waals surface area contributed by atoms with Crippen LogP contribution >= 0.6 is 0 Å². The van der Waals surface area contributed by atoms with Gasteiger partial charge in [-0.1, -0.05) is 19.1 Å². The number of benzene rings is 2. The summed E-state index contributed by atoms with van der Waals surface area (Å²) in [6.45, 7) is 5.76. The maximum absolute atomic E-state index is 12.7. The molecule has 3 rings (SSSR count). The highest BCUT2D eigenvalue weighted by molar-refractivity contribution is 7.92. The average Bonchev–Trinajstić information content (AvgIpc) is 2.75. The van der Waals surface area contributed by atoms with Crippen LogP contribution in [0.25, 0.3) is 0 Å². The Morgan fingerprint density at radius 1 is 1.06 bits per heavy atom. The standard InChI is InChI=1S/C23H25N3O4S/c1-4-21(30-22-14-16(2)7-8-17(22)3)23(27)25-18-9-11-20(12-10-18)31(28,29)26-19-6-5-13-24-15-19/h5-15,21,26H,4H2,1-3H3,(H,25,27)/t21-/m1/s1. The largest absolute Gasteiger partial charge is 0.480 e. The van der Waals surface area contributed by atoms with Crippen LogP contribution in [0, 0.1) is 13.8 Å². The van der Waals surface area contributed by atoms with Crippen molar-refractivity contribution in [3.63, 3.8) is 0 Å². The fourth-order valence-electron chi connectivity index (χ4n) is 2.89. The monoisotopic (exact) mass is 439 g/mol. The van der Waals surface area contributed by atoms with Gasteiger partial charge in [0, 0.05) is 11.9 Å². The highest BCUT2D eigenvalue weighted by Crippen LogP contribution is 2.22. The predicted molar refractivity (Wildman–Crippen MR) is 121 cm³/mol. The topological polar surface area (TPSA) is 97.4 Å². The molecule has 1 atom stereocenters. The third kappa shape index (κ3) is 5.82. The van der Waals surface area contributed by atoms with Crippen molar-refractivity contribution in [3.8, 4) is 5.75 Å². The smallest absolute Gasteiger partial charge is 0.265 e. The normalized spacial score (nSPS) is 12.1. The Bertz CT molecular complexity index is 1150. The van der Waals surface area contributed by atoms with E-state index in [1.165, 1.54) is 18.3 Å². The molecule has 1 amide bonds. The van der Waals surface area contributed by atoms with Gasteiger partial charge in [0.15, 0.2) is 6.10 Å². The number of sulfonamides is 1. The van der Waals surface area contributed by atoms with Crippen molar-refractivity contribution in [1.82, 2.24) is 4.98 Å². The zero-order chi connectivity index (χ0) is 22.4. The van der Waals surface area contributed by atoms with Gasteiger partial charge in [0.25, 0.3) is 15.9 Å². The van der Waals surface area contributed by atoms with Crippen molar-refractivity contribution in [2.45, 2.75) is 38.2 Å². The van der Waals surface area contributed by atoms with Crippen molar-refractivity contribution < 1.29 is 17.9 Å². The minimum absolute atomic E-state index is 0.0769. The number of hydrogen-bond donors (Lipinski definition) is 2. The number of nitrogens with one attached hydrogen (secondary N) is 2. The van der Waals surface area contributed by atoms with Crippen LogP contribution < -0.4 is 14.8 Å². The first-order valence-electron chi connectivity index (χ1n) is 9.86. The molecule has 7 nitrogen and oxygen atoms in total. The maximum atomic E-state index is 12.7. The number of aromatic nitrogens is 1. The zero-order valence-electron chi connectivity index (χ0n) is 17.6. The van der Waals surface area contributed by atoms with Crippen molar-refractivity contribution in [3.05, 3.63) is 78.1 Å². The molecule has 3 aromatic rings. The summed E-state index contributed by atoms with van der Waals surface area (Å²) in [5.74, 6) is 0.373. The first-order chi connectivity index (χ1) is 14.8. The molecule has 1 aromatic heterocycles. The molecular weight excluding hydrogens is 414 g/mol. The first kappa shape index (κ1) is 22.3. The van der Waals surface area contributed by atoms with Crippen molar-refractivity contribution in [1.29, 1.82) is 0 Å². The summed E-state index contributed by atoms with van der Waals surface area (Å²) in [5, 5.41) is 2.79. The van der Waals surface area contributed by atoms with E-state index in [9.17, 15) is 13.2 Å². The van der Waals surface area contributed by atoms with E-state index in [0.717, 1.165) is 11.1 Å².